The van der Waals surface area contributed by atoms with Gasteiger partial charge in [0.25, 0.3) is 0 Å². The van der Waals surface area contributed by atoms with Crippen LogP contribution in [0.3, 0.4) is 0 Å². The first-order chi connectivity index (χ1) is 11.4. The second-order valence-corrected chi connectivity index (χ2v) is 5.78. The first kappa shape index (κ1) is 16.8. The molecule has 1 unspecified atom stereocenters. The second kappa shape index (κ2) is 6.82. The van der Waals surface area contributed by atoms with Crippen LogP contribution in [0.15, 0.2) is 36.7 Å². The normalized spacial score (nSPS) is 19.4. The van der Waals surface area contributed by atoms with Crippen molar-refractivity contribution in [2.24, 2.45) is 7.05 Å². The molecule has 1 aliphatic heterocycles. The fourth-order valence-corrected chi connectivity index (χ4v) is 2.92. The van der Waals surface area contributed by atoms with Crippen molar-refractivity contribution < 1.29 is 17.9 Å². The second-order valence-electron chi connectivity index (χ2n) is 5.78. The van der Waals surface area contributed by atoms with Crippen LogP contribution in [0.4, 0.5) is 13.2 Å². The number of aryl methyl sites for hydroxylation is 1. The van der Waals surface area contributed by atoms with Gasteiger partial charge >= 0.3 is 6.36 Å². The summed E-state index contributed by atoms with van der Waals surface area (Å²) in [4.78, 5) is 6.70. The van der Waals surface area contributed by atoms with Gasteiger partial charge in [-0.3, -0.25) is 4.90 Å². The Morgan fingerprint density at radius 3 is 2.67 bits per heavy atom. The van der Waals surface area contributed by atoms with Gasteiger partial charge in [0.15, 0.2) is 0 Å². The van der Waals surface area contributed by atoms with Gasteiger partial charge in [-0.15, -0.1) is 13.2 Å². The number of hydrogen-bond donors (Lipinski definition) is 1. The highest BCUT2D eigenvalue weighted by molar-refractivity contribution is 5.27. The van der Waals surface area contributed by atoms with Crippen LogP contribution in [0.2, 0.25) is 0 Å². The number of nitrogens with zero attached hydrogens (tertiary/aromatic N) is 3. The lowest BCUT2D eigenvalue weighted by molar-refractivity contribution is -0.274. The largest absolute Gasteiger partial charge is 0.573 e. The van der Waals surface area contributed by atoms with E-state index in [2.05, 4.69) is 19.9 Å². The Hall–Kier alpha value is -2.06. The zero-order valence-electron chi connectivity index (χ0n) is 13.3. The Kier molecular flexibility index (Phi) is 4.77. The number of ether oxygens (including phenoxy) is 1. The zero-order valence-corrected chi connectivity index (χ0v) is 13.3. The Labute approximate surface area is 138 Å². The molecular formula is C16H19F3N4O. The molecule has 1 aliphatic rings. The molecule has 1 N–H and O–H groups in total. The molecule has 0 spiro atoms. The topological polar surface area (TPSA) is 42.3 Å². The van der Waals surface area contributed by atoms with E-state index in [1.54, 1.807) is 18.3 Å². The van der Waals surface area contributed by atoms with E-state index in [0.29, 0.717) is 6.54 Å². The molecule has 0 amide bonds. The predicted octanol–water partition coefficient (Wildman–Crippen LogP) is 2.47. The van der Waals surface area contributed by atoms with Crippen molar-refractivity contribution in [3.8, 4) is 5.75 Å². The Balaban J connectivity index is 1.70. The molecule has 1 aromatic heterocycles. The molecule has 130 valence electrons. The number of benzene rings is 1. The highest BCUT2D eigenvalue weighted by atomic mass is 19.4. The number of imidazole rings is 1. The van der Waals surface area contributed by atoms with E-state index < -0.39 is 6.36 Å². The smallest absolute Gasteiger partial charge is 0.406 e. The summed E-state index contributed by atoms with van der Waals surface area (Å²) in [6.45, 7) is 3.15. The van der Waals surface area contributed by atoms with Crippen LogP contribution in [-0.4, -0.2) is 40.4 Å². The first-order valence-corrected chi connectivity index (χ1v) is 7.69. The van der Waals surface area contributed by atoms with Gasteiger partial charge in [-0.1, -0.05) is 12.1 Å². The quantitative estimate of drug-likeness (QED) is 0.929. The summed E-state index contributed by atoms with van der Waals surface area (Å²) in [6.07, 6.45) is -0.986. The summed E-state index contributed by atoms with van der Waals surface area (Å²) in [5, 5.41) is 3.36. The van der Waals surface area contributed by atoms with Crippen molar-refractivity contribution in [2.75, 3.05) is 19.6 Å². The molecule has 1 aromatic carbocycles. The molecule has 8 heteroatoms. The molecule has 3 rings (SSSR count). The van der Waals surface area contributed by atoms with Gasteiger partial charge in [0, 0.05) is 45.6 Å². The van der Waals surface area contributed by atoms with E-state index in [1.165, 1.54) is 12.1 Å². The number of halogens is 3. The maximum absolute atomic E-state index is 12.2. The lowest BCUT2D eigenvalue weighted by Crippen LogP contribution is -2.46. The summed E-state index contributed by atoms with van der Waals surface area (Å²) in [7, 11) is 1.96. The van der Waals surface area contributed by atoms with Crippen LogP contribution in [0.5, 0.6) is 5.75 Å². The molecule has 2 aromatic rings. The maximum atomic E-state index is 12.2. The Bertz CT molecular complexity index is 669. The predicted molar refractivity (Wildman–Crippen MR) is 82.4 cm³/mol. The standard InChI is InChI=1S/C16H19F3N4O/c1-22-8-7-21-15(22)14-10-20-6-9-23(14)11-12-2-4-13(5-3-12)24-16(17,18)19/h2-5,7-8,14,20H,6,9-11H2,1H3. The van der Waals surface area contributed by atoms with E-state index in [-0.39, 0.29) is 11.8 Å². The average molecular weight is 340 g/mol. The van der Waals surface area contributed by atoms with Crippen molar-refractivity contribution >= 4 is 0 Å². The van der Waals surface area contributed by atoms with Crippen molar-refractivity contribution in [1.29, 1.82) is 0 Å². The van der Waals surface area contributed by atoms with E-state index >= 15 is 0 Å². The molecule has 0 radical (unpaired) electrons. The van der Waals surface area contributed by atoms with Crippen LogP contribution in [-0.2, 0) is 13.6 Å². The Morgan fingerprint density at radius 2 is 2.04 bits per heavy atom. The minimum atomic E-state index is -4.66. The van der Waals surface area contributed by atoms with Crippen LogP contribution >= 0.6 is 0 Å². The van der Waals surface area contributed by atoms with Crippen LogP contribution in [0, 0.1) is 0 Å². The molecule has 0 bridgehead atoms. The molecule has 2 heterocycles. The lowest BCUT2D eigenvalue weighted by atomic mass is 10.1. The van der Waals surface area contributed by atoms with Gasteiger partial charge in [0.1, 0.15) is 11.6 Å². The number of nitrogens with one attached hydrogen (secondary N) is 1. The van der Waals surface area contributed by atoms with Crippen molar-refractivity contribution in [3.63, 3.8) is 0 Å². The monoisotopic (exact) mass is 340 g/mol. The molecule has 24 heavy (non-hydrogen) atoms. The fraction of sp³-hybridized carbons (Fsp3) is 0.438. The van der Waals surface area contributed by atoms with Crippen LogP contribution < -0.4 is 10.1 Å². The van der Waals surface area contributed by atoms with Crippen LogP contribution in [0.25, 0.3) is 0 Å². The third kappa shape index (κ3) is 4.07. The molecule has 0 saturated carbocycles. The summed E-state index contributed by atoms with van der Waals surface area (Å²) < 4.78 is 42.5. The number of rotatable bonds is 4. The SMILES string of the molecule is Cn1ccnc1C1CNCCN1Cc1ccc(OC(F)(F)F)cc1. The minimum absolute atomic E-state index is 0.129. The number of aromatic nitrogens is 2. The van der Waals surface area contributed by atoms with Crippen molar-refractivity contribution in [3.05, 3.63) is 48.0 Å². The third-order valence-corrected chi connectivity index (χ3v) is 4.05. The summed E-state index contributed by atoms with van der Waals surface area (Å²) >= 11 is 0. The summed E-state index contributed by atoms with van der Waals surface area (Å²) in [5.41, 5.74) is 0.936. The van der Waals surface area contributed by atoms with Gasteiger partial charge in [-0.05, 0) is 17.7 Å². The third-order valence-electron chi connectivity index (χ3n) is 4.05. The molecule has 0 aliphatic carbocycles. The number of alkyl halides is 3. The number of piperazine rings is 1. The fourth-order valence-electron chi connectivity index (χ4n) is 2.92. The lowest BCUT2D eigenvalue weighted by Gasteiger charge is -2.35. The van der Waals surface area contributed by atoms with Crippen molar-refractivity contribution in [1.82, 2.24) is 19.8 Å². The van der Waals surface area contributed by atoms with Gasteiger partial charge < -0.3 is 14.6 Å². The summed E-state index contributed by atoms with van der Waals surface area (Å²) in [5.74, 6) is 0.770. The molecule has 1 fully saturated rings. The van der Waals surface area contributed by atoms with E-state index in [9.17, 15) is 13.2 Å². The molecular weight excluding hydrogens is 321 g/mol. The molecule has 5 nitrogen and oxygen atoms in total. The zero-order chi connectivity index (χ0) is 17.2. The summed E-state index contributed by atoms with van der Waals surface area (Å²) in [6, 6.07) is 6.16. The number of hydrogen-bond acceptors (Lipinski definition) is 4. The van der Waals surface area contributed by atoms with Crippen LogP contribution in [0.1, 0.15) is 17.4 Å². The van der Waals surface area contributed by atoms with Crippen molar-refractivity contribution in [2.45, 2.75) is 18.9 Å². The minimum Gasteiger partial charge on any atom is -0.406 e. The van der Waals surface area contributed by atoms with Gasteiger partial charge in [-0.25, -0.2) is 4.98 Å². The van der Waals surface area contributed by atoms with Gasteiger partial charge in [-0.2, -0.15) is 0 Å². The highest BCUT2D eigenvalue weighted by Crippen LogP contribution is 2.25. The molecule has 1 saturated heterocycles. The van der Waals surface area contributed by atoms with Gasteiger partial charge in [0.2, 0.25) is 0 Å². The molecule has 1 atom stereocenters. The van der Waals surface area contributed by atoms with E-state index in [1.807, 2.05) is 17.8 Å². The van der Waals surface area contributed by atoms with E-state index in [0.717, 1.165) is 31.0 Å². The average Bonchev–Trinajstić information content (AvgIpc) is 2.94. The van der Waals surface area contributed by atoms with Gasteiger partial charge in [0.05, 0.1) is 6.04 Å². The Morgan fingerprint density at radius 1 is 1.29 bits per heavy atom. The maximum Gasteiger partial charge on any atom is 0.573 e. The highest BCUT2D eigenvalue weighted by Gasteiger charge is 2.31. The van der Waals surface area contributed by atoms with E-state index in [4.69, 9.17) is 0 Å². The first-order valence-electron chi connectivity index (χ1n) is 7.69.